The van der Waals surface area contributed by atoms with Crippen LogP contribution in [-0.2, 0) is 4.79 Å². The Balaban J connectivity index is 1.30. The highest BCUT2D eigenvalue weighted by Crippen LogP contribution is 2.36. The molecule has 4 aromatic rings. The number of nitrogens with zero attached hydrogens (tertiary/aromatic N) is 3. The highest BCUT2D eigenvalue weighted by molar-refractivity contribution is 8.00. The number of anilines is 1. The van der Waals surface area contributed by atoms with Crippen molar-refractivity contribution < 1.29 is 14.4 Å². The maximum absolute atomic E-state index is 12.5. The van der Waals surface area contributed by atoms with Gasteiger partial charge in [0.05, 0.1) is 16.9 Å². The summed E-state index contributed by atoms with van der Waals surface area (Å²) in [4.78, 5) is 48.4. The second kappa shape index (κ2) is 8.18. The molecule has 0 bridgehead atoms. The van der Waals surface area contributed by atoms with E-state index in [1.165, 1.54) is 31.2 Å². The molecule has 158 valence electrons. The van der Waals surface area contributed by atoms with Crippen molar-refractivity contribution in [2.45, 2.75) is 5.03 Å². The highest BCUT2D eigenvalue weighted by Gasteiger charge is 2.32. The topological polar surface area (TPSA) is 92.3 Å². The Morgan fingerprint density at radius 2 is 1.81 bits per heavy atom. The number of aromatic nitrogens is 2. The van der Waals surface area contributed by atoms with Crippen LogP contribution in [0.15, 0.2) is 66.0 Å². The minimum Gasteiger partial charge on any atom is -0.325 e. The van der Waals surface area contributed by atoms with Crippen LogP contribution in [0.1, 0.15) is 20.7 Å². The van der Waals surface area contributed by atoms with Crippen LogP contribution in [0.25, 0.3) is 20.7 Å². The van der Waals surface area contributed by atoms with Crippen molar-refractivity contribution in [2.24, 2.45) is 0 Å². The summed E-state index contributed by atoms with van der Waals surface area (Å²) in [6.45, 7) is 0. The van der Waals surface area contributed by atoms with Crippen LogP contribution in [0, 0.1) is 0 Å². The van der Waals surface area contributed by atoms with Gasteiger partial charge in [0, 0.05) is 23.0 Å². The van der Waals surface area contributed by atoms with E-state index < -0.39 is 0 Å². The number of carbonyl (C=O) groups is 3. The Morgan fingerprint density at radius 3 is 2.62 bits per heavy atom. The lowest BCUT2D eigenvalue weighted by atomic mass is 10.1. The number of fused-ring (bicyclic) bond motifs is 2. The molecule has 1 aliphatic heterocycles. The van der Waals surface area contributed by atoms with Crippen molar-refractivity contribution in [1.29, 1.82) is 0 Å². The molecular formula is C23H16N4O3S2. The summed E-state index contributed by atoms with van der Waals surface area (Å²) in [6.07, 6.45) is 1.51. The number of thioether (sulfide) groups is 1. The fourth-order valence-corrected chi connectivity index (χ4v) is 5.31. The second-order valence-electron chi connectivity index (χ2n) is 7.14. The molecule has 0 saturated carbocycles. The average Bonchev–Trinajstić information content (AvgIpc) is 3.34. The van der Waals surface area contributed by atoms with Gasteiger partial charge in [0.15, 0.2) is 0 Å². The zero-order valence-electron chi connectivity index (χ0n) is 16.9. The Labute approximate surface area is 191 Å². The van der Waals surface area contributed by atoms with Crippen molar-refractivity contribution in [3.63, 3.8) is 0 Å². The molecule has 32 heavy (non-hydrogen) atoms. The number of hydrogen-bond acceptors (Lipinski definition) is 7. The van der Waals surface area contributed by atoms with Crippen LogP contribution in [0.3, 0.4) is 0 Å². The lowest BCUT2D eigenvalue weighted by molar-refractivity contribution is -0.113. The maximum Gasteiger partial charge on any atom is 0.261 e. The third-order valence-corrected chi connectivity index (χ3v) is 7.16. The summed E-state index contributed by atoms with van der Waals surface area (Å²) in [5, 5.41) is 4.44. The third kappa shape index (κ3) is 3.65. The molecular weight excluding hydrogens is 444 g/mol. The average molecular weight is 461 g/mol. The molecule has 0 fully saturated rings. The molecule has 1 N–H and O–H groups in total. The standard InChI is InChI=1S/C23H16N4O3S2/c1-27-22(29)15-8-7-14(9-16(15)23(27)30)26-19(28)11-31-20-17-10-18(13-5-3-2-4-6-13)32-21(17)25-12-24-20/h2-10,12H,11H2,1H3,(H,26,28). The van der Waals surface area contributed by atoms with Gasteiger partial charge in [-0.1, -0.05) is 42.1 Å². The van der Waals surface area contributed by atoms with Crippen molar-refractivity contribution in [3.8, 4) is 10.4 Å². The normalized spacial score (nSPS) is 13.0. The molecule has 1 aliphatic rings. The first-order chi connectivity index (χ1) is 15.5. The monoisotopic (exact) mass is 460 g/mol. The Hall–Kier alpha value is -3.56. The minimum absolute atomic E-state index is 0.145. The molecule has 2 aromatic carbocycles. The van der Waals surface area contributed by atoms with Gasteiger partial charge in [0.1, 0.15) is 16.2 Å². The molecule has 5 rings (SSSR count). The van der Waals surface area contributed by atoms with E-state index in [2.05, 4.69) is 21.4 Å². The maximum atomic E-state index is 12.5. The van der Waals surface area contributed by atoms with Gasteiger partial charge in [-0.15, -0.1) is 11.3 Å². The predicted octanol–water partition coefficient (Wildman–Crippen LogP) is 4.31. The van der Waals surface area contributed by atoms with Crippen molar-refractivity contribution in [3.05, 3.63) is 72.1 Å². The molecule has 3 heterocycles. The third-order valence-electron chi connectivity index (χ3n) is 5.06. The smallest absolute Gasteiger partial charge is 0.261 e. The van der Waals surface area contributed by atoms with E-state index >= 15 is 0 Å². The Bertz CT molecular complexity index is 1380. The summed E-state index contributed by atoms with van der Waals surface area (Å²) < 4.78 is 0. The fourth-order valence-electron chi connectivity index (χ4n) is 3.46. The summed E-state index contributed by atoms with van der Waals surface area (Å²) >= 11 is 2.91. The van der Waals surface area contributed by atoms with E-state index in [0.717, 1.165) is 30.6 Å². The van der Waals surface area contributed by atoms with E-state index in [1.807, 2.05) is 30.3 Å². The van der Waals surface area contributed by atoms with Gasteiger partial charge in [-0.25, -0.2) is 9.97 Å². The zero-order chi connectivity index (χ0) is 22.2. The van der Waals surface area contributed by atoms with Gasteiger partial charge in [-0.2, -0.15) is 0 Å². The van der Waals surface area contributed by atoms with Crippen LogP contribution in [0.2, 0.25) is 0 Å². The lowest BCUT2D eigenvalue weighted by Crippen LogP contribution is -2.24. The van der Waals surface area contributed by atoms with Gasteiger partial charge in [0.2, 0.25) is 5.91 Å². The summed E-state index contributed by atoms with van der Waals surface area (Å²) in [7, 11) is 1.44. The second-order valence-corrected chi connectivity index (χ2v) is 9.14. The van der Waals surface area contributed by atoms with Gasteiger partial charge < -0.3 is 5.32 Å². The molecule has 0 unspecified atom stereocenters. The molecule has 0 atom stereocenters. The molecule has 0 aliphatic carbocycles. The molecule has 2 aromatic heterocycles. The minimum atomic E-state index is -0.370. The van der Waals surface area contributed by atoms with E-state index in [0.29, 0.717) is 16.8 Å². The molecule has 3 amide bonds. The van der Waals surface area contributed by atoms with E-state index in [9.17, 15) is 14.4 Å². The van der Waals surface area contributed by atoms with Crippen molar-refractivity contribution in [1.82, 2.24) is 14.9 Å². The molecule has 0 spiro atoms. The van der Waals surface area contributed by atoms with Crippen LogP contribution in [-0.4, -0.2) is 45.4 Å². The van der Waals surface area contributed by atoms with Gasteiger partial charge in [-0.3, -0.25) is 19.3 Å². The largest absolute Gasteiger partial charge is 0.325 e. The van der Waals surface area contributed by atoms with Crippen LogP contribution in [0.4, 0.5) is 5.69 Å². The number of rotatable bonds is 5. The fraction of sp³-hybridized carbons (Fsp3) is 0.0870. The number of hydrogen-bond donors (Lipinski definition) is 1. The number of benzene rings is 2. The highest BCUT2D eigenvalue weighted by atomic mass is 32.2. The Kier molecular flexibility index (Phi) is 5.20. The van der Waals surface area contributed by atoms with Crippen LogP contribution in [0.5, 0.6) is 0 Å². The molecule has 0 radical (unpaired) electrons. The number of carbonyl (C=O) groups excluding carboxylic acids is 3. The van der Waals surface area contributed by atoms with Gasteiger partial charge in [-0.05, 0) is 29.8 Å². The van der Waals surface area contributed by atoms with Crippen LogP contribution >= 0.6 is 23.1 Å². The van der Waals surface area contributed by atoms with Gasteiger partial charge in [0.25, 0.3) is 11.8 Å². The van der Waals surface area contributed by atoms with Crippen molar-refractivity contribution >= 4 is 56.7 Å². The van der Waals surface area contributed by atoms with Gasteiger partial charge >= 0.3 is 0 Å². The predicted molar refractivity (Wildman–Crippen MR) is 125 cm³/mol. The number of thiophene rings is 1. The summed E-state index contributed by atoms with van der Waals surface area (Å²) in [5.74, 6) is -0.792. The van der Waals surface area contributed by atoms with E-state index in [1.54, 1.807) is 23.5 Å². The first kappa shape index (κ1) is 20.3. The number of imide groups is 1. The Morgan fingerprint density at radius 1 is 1.03 bits per heavy atom. The summed E-state index contributed by atoms with van der Waals surface area (Å²) in [6, 6.07) is 16.8. The molecule has 7 nitrogen and oxygen atoms in total. The SMILES string of the molecule is CN1C(=O)c2ccc(NC(=O)CSc3ncnc4sc(-c5ccccc5)cc34)cc2C1=O. The number of amides is 3. The molecule has 9 heteroatoms. The number of nitrogens with one attached hydrogen (secondary N) is 1. The van der Waals surface area contributed by atoms with Crippen molar-refractivity contribution in [2.75, 3.05) is 18.1 Å². The molecule has 0 saturated heterocycles. The van der Waals surface area contributed by atoms with Crippen LogP contribution < -0.4 is 5.32 Å². The van der Waals surface area contributed by atoms with E-state index in [4.69, 9.17) is 0 Å². The lowest BCUT2D eigenvalue weighted by Gasteiger charge is -2.06. The quantitative estimate of drug-likeness (QED) is 0.271. The zero-order valence-corrected chi connectivity index (χ0v) is 18.5. The first-order valence-electron chi connectivity index (χ1n) is 9.70. The van der Waals surface area contributed by atoms with E-state index in [-0.39, 0.29) is 23.5 Å². The summed E-state index contributed by atoms with van der Waals surface area (Å²) in [5.41, 5.74) is 2.23. The first-order valence-corrected chi connectivity index (χ1v) is 11.5.